The maximum Gasteiger partial charge on any atom is 0.238 e. The molecule has 3 aromatic heterocycles. The molecule has 9 rings (SSSR count). The van der Waals surface area contributed by atoms with Crippen LogP contribution in [-0.4, -0.2) is 24.1 Å². The summed E-state index contributed by atoms with van der Waals surface area (Å²) < 4.78 is 4.58. The van der Waals surface area contributed by atoms with E-state index in [-0.39, 0.29) is 0 Å². The number of hydrogen-bond acceptors (Lipinski definition) is 3. The van der Waals surface area contributed by atoms with Crippen molar-refractivity contribution in [3.8, 4) is 23.0 Å². The molecule has 0 aliphatic heterocycles. The molecular weight excluding hydrogens is 623 g/mol. The van der Waals surface area contributed by atoms with Gasteiger partial charge in [-0.15, -0.1) is 0 Å². The Morgan fingerprint density at radius 1 is 0.549 bits per heavy atom. The molecule has 0 aliphatic carbocycles. The van der Waals surface area contributed by atoms with Crippen molar-refractivity contribution in [2.75, 3.05) is 0 Å². The van der Waals surface area contributed by atoms with Crippen molar-refractivity contribution in [2.24, 2.45) is 0 Å². The zero-order valence-corrected chi connectivity index (χ0v) is 28.1. The Morgan fingerprint density at radius 2 is 1.18 bits per heavy atom. The van der Waals surface area contributed by atoms with Gasteiger partial charge in [-0.3, -0.25) is 4.57 Å². The first-order valence-electron chi connectivity index (χ1n) is 17.1. The molecule has 3 heterocycles. The molecular formula is C46H33N5. The fraction of sp³-hybridized carbons (Fsp3) is 0.0217. The summed E-state index contributed by atoms with van der Waals surface area (Å²) in [6, 6.07) is 52.6. The average Bonchev–Trinajstić information content (AvgIpc) is 3.72. The third-order valence-electron chi connectivity index (χ3n) is 9.53. The van der Waals surface area contributed by atoms with E-state index in [4.69, 9.17) is 15.0 Å². The minimum Gasteiger partial charge on any atom is -0.309 e. The Morgan fingerprint density at radius 3 is 1.90 bits per heavy atom. The predicted molar refractivity (Wildman–Crippen MR) is 212 cm³/mol. The lowest BCUT2D eigenvalue weighted by molar-refractivity contribution is 0.931. The van der Waals surface area contributed by atoms with Gasteiger partial charge in [0.25, 0.3) is 0 Å². The lowest BCUT2D eigenvalue weighted by Gasteiger charge is -2.12. The van der Waals surface area contributed by atoms with Gasteiger partial charge in [-0.05, 0) is 54.0 Å². The van der Waals surface area contributed by atoms with Crippen LogP contribution >= 0.6 is 0 Å². The Kier molecular flexibility index (Phi) is 7.44. The van der Waals surface area contributed by atoms with Gasteiger partial charge in [-0.1, -0.05) is 146 Å². The average molecular weight is 656 g/mol. The Balaban J connectivity index is 1.36. The van der Waals surface area contributed by atoms with Crippen molar-refractivity contribution in [2.45, 2.75) is 6.92 Å². The number of allylic oxidation sites excluding steroid dienone is 5. The van der Waals surface area contributed by atoms with Gasteiger partial charge in [0.2, 0.25) is 5.95 Å². The quantitative estimate of drug-likeness (QED) is 0.161. The topological polar surface area (TPSA) is 48.5 Å². The molecule has 9 aromatic rings. The van der Waals surface area contributed by atoms with Crippen LogP contribution in [0.3, 0.4) is 0 Å². The Hall–Kier alpha value is -6.85. The number of rotatable bonds is 7. The molecule has 6 aromatic carbocycles. The van der Waals surface area contributed by atoms with Gasteiger partial charge in [-0.2, -0.15) is 9.97 Å². The summed E-state index contributed by atoms with van der Waals surface area (Å²) in [6.45, 7) is 6.12. The normalized spacial score (nSPS) is 12.3. The van der Waals surface area contributed by atoms with Crippen LogP contribution in [0.1, 0.15) is 18.3 Å². The second-order valence-corrected chi connectivity index (χ2v) is 12.6. The van der Waals surface area contributed by atoms with Crippen LogP contribution in [0.5, 0.6) is 0 Å². The lowest BCUT2D eigenvalue weighted by atomic mass is 10.1. The highest BCUT2D eigenvalue weighted by Crippen LogP contribution is 2.41. The lowest BCUT2D eigenvalue weighted by Crippen LogP contribution is -2.07. The molecule has 0 aliphatic rings. The highest BCUT2D eigenvalue weighted by atomic mass is 15.2. The summed E-state index contributed by atoms with van der Waals surface area (Å²) >= 11 is 0. The Bertz CT molecular complexity index is 2810. The van der Waals surface area contributed by atoms with Crippen molar-refractivity contribution >= 4 is 54.8 Å². The summed E-state index contributed by atoms with van der Waals surface area (Å²) in [5.41, 5.74) is 9.44. The van der Waals surface area contributed by atoms with E-state index in [0.29, 0.717) is 17.6 Å². The van der Waals surface area contributed by atoms with Gasteiger partial charge in [-0.25, -0.2) is 4.98 Å². The maximum absolute atomic E-state index is 5.24. The second kappa shape index (κ2) is 12.6. The molecule has 5 heteroatoms. The summed E-state index contributed by atoms with van der Waals surface area (Å²) in [7, 11) is 0. The zero-order valence-electron chi connectivity index (χ0n) is 28.1. The smallest absolute Gasteiger partial charge is 0.238 e. The molecule has 0 radical (unpaired) electrons. The number of nitrogens with zero attached hydrogens (tertiary/aromatic N) is 5. The molecule has 0 amide bonds. The minimum atomic E-state index is 0.567. The number of hydrogen-bond donors (Lipinski definition) is 0. The van der Waals surface area contributed by atoms with E-state index >= 15 is 0 Å². The van der Waals surface area contributed by atoms with Crippen LogP contribution in [0.2, 0.25) is 0 Å². The number of para-hydroxylation sites is 3. The molecule has 0 bridgehead atoms. The highest BCUT2D eigenvalue weighted by molar-refractivity contribution is 6.26. The molecule has 0 atom stereocenters. The molecule has 0 spiro atoms. The summed E-state index contributed by atoms with van der Waals surface area (Å²) in [5, 5.41) is 4.61. The second-order valence-electron chi connectivity index (χ2n) is 12.6. The monoisotopic (exact) mass is 655 g/mol. The molecule has 51 heavy (non-hydrogen) atoms. The van der Waals surface area contributed by atoms with Crippen LogP contribution in [-0.2, 0) is 0 Å². The third kappa shape index (κ3) is 5.15. The van der Waals surface area contributed by atoms with Crippen molar-refractivity contribution in [3.63, 3.8) is 0 Å². The summed E-state index contributed by atoms with van der Waals surface area (Å²) in [6.07, 6.45) is 6.02. The first-order chi connectivity index (χ1) is 25.2. The van der Waals surface area contributed by atoms with E-state index < -0.39 is 0 Å². The molecule has 5 nitrogen and oxygen atoms in total. The standard InChI is InChI=1S/C46H33N5/c1-3-32(33-17-7-4-8-18-33)28-27-31(2)44-47-45(34-19-9-5-10-20-34)49-46(48-44)51-39-25-15-13-23-36(39)37-29-30-41-42(43(37)51)38-24-14-16-26-40(38)50(41)35-21-11-6-12-22-35/h3-30H,1H2,2H3/b31-27+,32-28+. The zero-order chi connectivity index (χ0) is 34.3. The highest BCUT2D eigenvalue weighted by Gasteiger charge is 2.22. The van der Waals surface area contributed by atoms with Crippen molar-refractivity contribution in [1.82, 2.24) is 24.1 Å². The van der Waals surface area contributed by atoms with E-state index in [2.05, 4.69) is 131 Å². The van der Waals surface area contributed by atoms with Gasteiger partial charge >= 0.3 is 0 Å². The van der Waals surface area contributed by atoms with Gasteiger partial charge in [0.15, 0.2) is 11.6 Å². The Labute approximate surface area is 295 Å². The van der Waals surface area contributed by atoms with Crippen molar-refractivity contribution < 1.29 is 0 Å². The number of fused-ring (bicyclic) bond motifs is 7. The van der Waals surface area contributed by atoms with E-state index in [1.165, 1.54) is 5.39 Å². The van der Waals surface area contributed by atoms with Gasteiger partial charge < -0.3 is 4.57 Å². The molecule has 0 unspecified atom stereocenters. The van der Waals surface area contributed by atoms with Crippen molar-refractivity contribution in [1.29, 1.82) is 0 Å². The maximum atomic E-state index is 5.24. The molecule has 0 fully saturated rings. The third-order valence-corrected chi connectivity index (χ3v) is 9.53. The number of aromatic nitrogens is 5. The largest absolute Gasteiger partial charge is 0.309 e. The van der Waals surface area contributed by atoms with Crippen LogP contribution in [0.25, 0.3) is 77.8 Å². The first-order valence-corrected chi connectivity index (χ1v) is 17.1. The fourth-order valence-corrected chi connectivity index (χ4v) is 7.13. The molecule has 0 N–H and O–H groups in total. The van der Waals surface area contributed by atoms with Gasteiger partial charge in [0, 0.05) is 32.8 Å². The first kappa shape index (κ1) is 30.2. The van der Waals surface area contributed by atoms with Crippen LogP contribution in [0.4, 0.5) is 0 Å². The van der Waals surface area contributed by atoms with Crippen LogP contribution in [0.15, 0.2) is 176 Å². The van der Waals surface area contributed by atoms with E-state index in [0.717, 1.165) is 66.2 Å². The van der Waals surface area contributed by atoms with Gasteiger partial charge in [0.05, 0.1) is 22.1 Å². The van der Waals surface area contributed by atoms with Crippen molar-refractivity contribution in [3.05, 3.63) is 188 Å². The van der Waals surface area contributed by atoms with E-state index in [9.17, 15) is 0 Å². The van der Waals surface area contributed by atoms with E-state index in [1.54, 1.807) is 0 Å². The molecule has 0 saturated heterocycles. The molecule has 242 valence electrons. The molecule has 0 saturated carbocycles. The minimum absolute atomic E-state index is 0.567. The predicted octanol–water partition coefficient (Wildman–Crippen LogP) is 11.4. The van der Waals surface area contributed by atoms with Gasteiger partial charge in [0.1, 0.15) is 0 Å². The summed E-state index contributed by atoms with van der Waals surface area (Å²) in [4.78, 5) is 15.5. The SMILES string of the molecule is C=C/C(=C\C=C(/C)c1nc(-c2ccccc2)nc(-n2c3ccccc3c3ccc4c(c5ccccc5n4-c4ccccc4)c32)n1)c1ccccc1. The van der Waals surface area contributed by atoms with Crippen LogP contribution < -0.4 is 0 Å². The fourth-order valence-electron chi connectivity index (χ4n) is 7.13. The van der Waals surface area contributed by atoms with E-state index in [1.807, 2.05) is 61.5 Å². The summed E-state index contributed by atoms with van der Waals surface area (Å²) in [5.74, 6) is 1.79. The van der Waals surface area contributed by atoms with Crippen LogP contribution in [0, 0.1) is 0 Å². The number of benzene rings is 6.